The van der Waals surface area contributed by atoms with Crippen LogP contribution in [0.15, 0.2) is 24.3 Å². The quantitative estimate of drug-likeness (QED) is 0.861. The summed E-state index contributed by atoms with van der Waals surface area (Å²) in [4.78, 5) is 0. The van der Waals surface area contributed by atoms with Crippen LogP contribution in [0.1, 0.15) is 16.8 Å². The maximum atomic E-state index is 12.6. The number of rotatable bonds is 1. The third-order valence-electron chi connectivity index (χ3n) is 2.70. The summed E-state index contributed by atoms with van der Waals surface area (Å²) < 4.78 is 37.8. The van der Waals surface area contributed by atoms with Crippen molar-refractivity contribution in [2.24, 2.45) is 0 Å². The van der Waals surface area contributed by atoms with Crippen LogP contribution >= 0.6 is 0 Å². The van der Waals surface area contributed by atoms with Gasteiger partial charge in [-0.3, -0.25) is 0 Å². The summed E-state index contributed by atoms with van der Waals surface area (Å²) in [5.74, 6) is -0.453. The molecule has 0 spiro atoms. The number of aryl methyl sites for hydroxylation is 2. The highest BCUT2D eigenvalue weighted by molar-refractivity contribution is 5.71. The first kappa shape index (κ1) is 13.3. The molecule has 0 saturated heterocycles. The standard InChI is InChI=1S/C13H11F3N2O/c1-7-5-9(13(14,15)16)6-11(19)12(7)10-4-3-8(2)17-18-10/h3-6,19H,1-2H3. The number of aromatic nitrogens is 2. The molecule has 0 aliphatic rings. The van der Waals surface area contributed by atoms with Crippen molar-refractivity contribution in [1.29, 1.82) is 0 Å². The van der Waals surface area contributed by atoms with E-state index in [0.717, 1.165) is 6.07 Å². The molecular weight excluding hydrogens is 257 g/mol. The van der Waals surface area contributed by atoms with Crippen LogP contribution in [0.2, 0.25) is 0 Å². The second kappa shape index (κ2) is 4.53. The SMILES string of the molecule is Cc1ccc(-c2c(C)cc(C(F)(F)F)cc2O)nn1. The van der Waals surface area contributed by atoms with E-state index in [9.17, 15) is 18.3 Å². The molecule has 2 aromatic rings. The summed E-state index contributed by atoms with van der Waals surface area (Å²) in [5.41, 5.74) is 0.708. The zero-order chi connectivity index (χ0) is 14.2. The average Bonchev–Trinajstić information content (AvgIpc) is 2.29. The lowest BCUT2D eigenvalue weighted by Crippen LogP contribution is -2.05. The molecule has 0 aliphatic carbocycles. The number of aromatic hydroxyl groups is 1. The number of phenols is 1. The molecule has 6 heteroatoms. The van der Waals surface area contributed by atoms with Crippen molar-refractivity contribution in [2.75, 3.05) is 0 Å². The third kappa shape index (κ3) is 2.67. The summed E-state index contributed by atoms with van der Waals surface area (Å²) >= 11 is 0. The van der Waals surface area contributed by atoms with Gasteiger partial charge < -0.3 is 5.11 Å². The van der Waals surface area contributed by atoms with Crippen LogP contribution in [0.4, 0.5) is 13.2 Å². The van der Waals surface area contributed by atoms with Gasteiger partial charge in [-0.2, -0.15) is 23.4 Å². The highest BCUT2D eigenvalue weighted by Gasteiger charge is 2.32. The number of halogens is 3. The van der Waals surface area contributed by atoms with Crippen LogP contribution in [0, 0.1) is 13.8 Å². The van der Waals surface area contributed by atoms with Gasteiger partial charge in [0.1, 0.15) is 5.75 Å². The molecule has 0 aliphatic heterocycles. The van der Waals surface area contributed by atoms with E-state index in [-0.39, 0.29) is 5.56 Å². The monoisotopic (exact) mass is 268 g/mol. The molecule has 0 radical (unpaired) electrons. The van der Waals surface area contributed by atoms with Crippen molar-refractivity contribution in [1.82, 2.24) is 10.2 Å². The van der Waals surface area contributed by atoms with Gasteiger partial charge in [0.2, 0.25) is 0 Å². The lowest BCUT2D eigenvalue weighted by Gasteiger charge is -2.12. The largest absolute Gasteiger partial charge is 0.507 e. The van der Waals surface area contributed by atoms with Crippen LogP contribution < -0.4 is 0 Å². The Morgan fingerprint density at radius 2 is 1.74 bits per heavy atom. The lowest BCUT2D eigenvalue weighted by molar-refractivity contribution is -0.137. The second-order valence-electron chi connectivity index (χ2n) is 4.24. The summed E-state index contributed by atoms with van der Waals surface area (Å²) in [7, 11) is 0. The fraction of sp³-hybridized carbons (Fsp3) is 0.231. The summed E-state index contributed by atoms with van der Waals surface area (Å²) in [6.07, 6.45) is -4.49. The Bertz CT molecular complexity index is 583. The molecule has 0 fully saturated rings. The van der Waals surface area contributed by atoms with Crippen molar-refractivity contribution in [3.8, 4) is 17.0 Å². The Morgan fingerprint density at radius 3 is 2.21 bits per heavy atom. The van der Waals surface area contributed by atoms with Gasteiger partial charge in [0.25, 0.3) is 0 Å². The summed E-state index contributed by atoms with van der Waals surface area (Å²) in [6, 6.07) is 4.97. The summed E-state index contributed by atoms with van der Waals surface area (Å²) in [5, 5.41) is 17.5. The third-order valence-corrected chi connectivity index (χ3v) is 2.70. The van der Waals surface area contributed by atoms with Crippen molar-refractivity contribution in [2.45, 2.75) is 20.0 Å². The predicted octanol–water partition coefficient (Wildman–Crippen LogP) is 3.48. The minimum Gasteiger partial charge on any atom is -0.507 e. The molecule has 1 aromatic heterocycles. The van der Waals surface area contributed by atoms with E-state index in [4.69, 9.17) is 0 Å². The molecule has 100 valence electrons. The zero-order valence-corrected chi connectivity index (χ0v) is 10.3. The molecule has 3 nitrogen and oxygen atoms in total. The Hall–Kier alpha value is -2.11. The fourth-order valence-electron chi connectivity index (χ4n) is 1.80. The van der Waals surface area contributed by atoms with E-state index in [1.54, 1.807) is 19.1 Å². The van der Waals surface area contributed by atoms with Crippen LogP contribution in [0.5, 0.6) is 5.75 Å². The Morgan fingerprint density at radius 1 is 1.05 bits per heavy atom. The van der Waals surface area contributed by atoms with E-state index in [2.05, 4.69) is 10.2 Å². The first-order chi connectivity index (χ1) is 8.79. The van der Waals surface area contributed by atoms with Gasteiger partial charge in [0.15, 0.2) is 0 Å². The van der Waals surface area contributed by atoms with Gasteiger partial charge in [-0.1, -0.05) is 0 Å². The molecule has 0 unspecified atom stereocenters. The Kier molecular flexibility index (Phi) is 3.18. The van der Waals surface area contributed by atoms with Crippen LogP contribution in [-0.4, -0.2) is 15.3 Å². The highest BCUT2D eigenvalue weighted by atomic mass is 19.4. The maximum Gasteiger partial charge on any atom is 0.416 e. The molecule has 19 heavy (non-hydrogen) atoms. The van der Waals surface area contributed by atoms with Gasteiger partial charge in [0, 0.05) is 5.56 Å². The van der Waals surface area contributed by atoms with E-state index in [1.807, 2.05) is 0 Å². The maximum absolute atomic E-state index is 12.6. The first-order valence-corrected chi connectivity index (χ1v) is 5.50. The number of hydrogen-bond acceptors (Lipinski definition) is 3. The molecule has 0 saturated carbocycles. The van der Waals surface area contributed by atoms with E-state index < -0.39 is 17.5 Å². The van der Waals surface area contributed by atoms with E-state index >= 15 is 0 Å². The Balaban J connectivity index is 2.57. The molecule has 0 amide bonds. The van der Waals surface area contributed by atoms with Gasteiger partial charge in [0.05, 0.1) is 17.0 Å². The average molecular weight is 268 g/mol. The van der Waals surface area contributed by atoms with Crippen molar-refractivity contribution in [3.05, 3.63) is 41.1 Å². The van der Waals surface area contributed by atoms with Gasteiger partial charge in [-0.15, -0.1) is 0 Å². The number of nitrogens with zero attached hydrogens (tertiary/aromatic N) is 2. The van der Waals surface area contributed by atoms with Crippen LogP contribution in [0.3, 0.4) is 0 Å². The minimum absolute atomic E-state index is 0.264. The fourth-order valence-corrected chi connectivity index (χ4v) is 1.80. The second-order valence-corrected chi connectivity index (χ2v) is 4.24. The molecule has 0 bridgehead atoms. The summed E-state index contributed by atoms with van der Waals surface area (Å²) in [6.45, 7) is 3.24. The molecular formula is C13H11F3N2O. The van der Waals surface area contributed by atoms with Crippen LogP contribution in [-0.2, 0) is 6.18 Å². The van der Waals surface area contributed by atoms with Gasteiger partial charge >= 0.3 is 6.18 Å². The van der Waals surface area contributed by atoms with Gasteiger partial charge in [-0.25, -0.2) is 0 Å². The van der Waals surface area contributed by atoms with Crippen molar-refractivity contribution >= 4 is 0 Å². The molecule has 2 rings (SSSR count). The lowest BCUT2D eigenvalue weighted by atomic mass is 10.0. The highest BCUT2D eigenvalue weighted by Crippen LogP contribution is 2.38. The Labute approximate surface area is 107 Å². The number of hydrogen-bond donors (Lipinski definition) is 1. The molecule has 1 N–H and O–H groups in total. The smallest absolute Gasteiger partial charge is 0.416 e. The van der Waals surface area contributed by atoms with Crippen molar-refractivity contribution in [3.63, 3.8) is 0 Å². The number of alkyl halides is 3. The predicted molar refractivity (Wildman–Crippen MR) is 63.6 cm³/mol. The van der Waals surface area contributed by atoms with E-state index in [0.29, 0.717) is 23.0 Å². The number of phenolic OH excluding ortho intramolecular Hbond substituents is 1. The number of benzene rings is 1. The van der Waals surface area contributed by atoms with Gasteiger partial charge in [-0.05, 0) is 43.7 Å². The molecule has 1 heterocycles. The molecule has 1 aromatic carbocycles. The van der Waals surface area contributed by atoms with Crippen LogP contribution in [0.25, 0.3) is 11.3 Å². The first-order valence-electron chi connectivity index (χ1n) is 5.50. The molecule has 0 atom stereocenters. The van der Waals surface area contributed by atoms with Crippen molar-refractivity contribution < 1.29 is 18.3 Å². The normalized spacial score (nSPS) is 11.6. The van der Waals surface area contributed by atoms with E-state index in [1.165, 1.54) is 6.92 Å². The minimum atomic E-state index is -4.49. The zero-order valence-electron chi connectivity index (χ0n) is 10.3. The topological polar surface area (TPSA) is 46.0 Å².